The average Bonchev–Trinajstić information content (AvgIpc) is 2.81. The average molecular weight is 282 g/mol. The summed E-state index contributed by atoms with van der Waals surface area (Å²) in [6, 6.07) is 5.60. The van der Waals surface area contributed by atoms with Crippen molar-refractivity contribution in [3.8, 4) is 0 Å². The molecule has 7 heteroatoms. The van der Waals surface area contributed by atoms with Crippen molar-refractivity contribution < 1.29 is 19.2 Å². The van der Waals surface area contributed by atoms with Gasteiger partial charge in [-0.1, -0.05) is 11.6 Å². The van der Waals surface area contributed by atoms with Crippen molar-refractivity contribution in [3.05, 3.63) is 62.6 Å². The van der Waals surface area contributed by atoms with E-state index in [-0.39, 0.29) is 17.0 Å². The number of aromatic carboxylic acids is 1. The fraction of sp³-hybridized carbons (Fsp3) is 0.0833. The fourth-order valence-corrected chi connectivity index (χ4v) is 1.94. The molecule has 19 heavy (non-hydrogen) atoms. The maximum absolute atomic E-state index is 11.1. The maximum atomic E-state index is 11.1. The molecule has 0 radical (unpaired) electrons. The van der Waals surface area contributed by atoms with Crippen molar-refractivity contribution in [1.29, 1.82) is 0 Å². The molecule has 0 aliphatic heterocycles. The molecule has 0 atom stereocenters. The normalized spacial score (nSPS) is 10.4. The molecule has 2 aromatic rings. The predicted molar refractivity (Wildman–Crippen MR) is 66.6 cm³/mol. The largest absolute Gasteiger partial charge is 0.478 e. The molecule has 0 saturated carbocycles. The monoisotopic (exact) mass is 281 g/mol. The second-order valence-corrected chi connectivity index (χ2v) is 4.19. The lowest BCUT2D eigenvalue weighted by molar-refractivity contribution is -0.384. The van der Waals surface area contributed by atoms with Gasteiger partial charge in [0.05, 0.1) is 16.7 Å². The Labute approximate surface area is 112 Å². The molecule has 1 aromatic heterocycles. The number of rotatable bonds is 4. The van der Waals surface area contributed by atoms with E-state index >= 15 is 0 Å². The van der Waals surface area contributed by atoms with Crippen LogP contribution in [-0.2, 0) is 6.42 Å². The van der Waals surface area contributed by atoms with Crippen LogP contribution in [0.1, 0.15) is 21.7 Å². The third-order valence-electron chi connectivity index (χ3n) is 2.54. The molecular formula is C12H8ClNO5. The molecule has 0 saturated heterocycles. The van der Waals surface area contributed by atoms with Crippen LogP contribution in [0.2, 0.25) is 5.02 Å². The van der Waals surface area contributed by atoms with Crippen LogP contribution in [0.4, 0.5) is 5.69 Å². The van der Waals surface area contributed by atoms with Crippen LogP contribution >= 0.6 is 11.6 Å². The molecule has 98 valence electrons. The molecule has 1 aromatic carbocycles. The minimum absolute atomic E-state index is 0.100. The Morgan fingerprint density at radius 3 is 2.74 bits per heavy atom. The summed E-state index contributed by atoms with van der Waals surface area (Å²) in [5.41, 5.74) is -0.229. The number of carboxylic acid groups (broad SMARTS) is 1. The van der Waals surface area contributed by atoms with Crippen LogP contribution in [0.15, 0.2) is 34.9 Å². The molecule has 0 unspecified atom stereocenters. The van der Waals surface area contributed by atoms with Gasteiger partial charge in [-0.25, -0.2) is 4.79 Å². The van der Waals surface area contributed by atoms with Crippen molar-refractivity contribution in [3.63, 3.8) is 0 Å². The first-order valence-electron chi connectivity index (χ1n) is 5.21. The number of nitrogens with zero attached hydrogens (tertiary/aromatic N) is 1. The quantitative estimate of drug-likeness (QED) is 0.686. The number of hydrogen-bond donors (Lipinski definition) is 1. The van der Waals surface area contributed by atoms with Gasteiger partial charge >= 0.3 is 5.97 Å². The van der Waals surface area contributed by atoms with Crippen molar-refractivity contribution in [2.75, 3.05) is 0 Å². The lowest BCUT2D eigenvalue weighted by atomic mass is 10.0. The van der Waals surface area contributed by atoms with E-state index < -0.39 is 16.6 Å². The molecule has 0 spiro atoms. The zero-order chi connectivity index (χ0) is 14.0. The molecule has 0 fully saturated rings. The van der Waals surface area contributed by atoms with E-state index in [1.54, 1.807) is 12.1 Å². The van der Waals surface area contributed by atoms with Crippen LogP contribution < -0.4 is 0 Å². The van der Waals surface area contributed by atoms with Gasteiger partial charge in [-0.3, -0.25) is 10.1 Å². The number of benzene rings is 1. The standard InChI is InChI=1S/C12H8ClNO5/c13-10-5-7(4-8-2-1-3-19-8)9(12(15)16)6-11(10)14(17)18/h1-3,5-6H,4H2,(H,15,16). The molecule has 0 aliphatic carbocycles. The van der Waals surface area contributed by atoms with Crippen molar-refractivity contribution in [2.45, 2.75) is 6.42 Å². The Hall–Kier alpha value is -2.34. The first kappa shape index (κ1) is 13.1. The van der Waals surface area contributed by atoms with E-state index in [0.29, 0.717) is 11.3 Å². The highest BCUT2D eigenvalue weighted by molar-refractivity contribution is 6.32. The zero-order valence-corrected chi connectivity index (χ0v) is 10.3. The maximum Gasteiger partial charge on any atom is 0.336 e. The molecule has 0 bridgehead atoms. The minimum Gasteiger partial charge on any atom is -0.478 e. The summed E-state index contributed by atoms with van der Waals surface area (Å²) in [6.07, 6.45) is 1.66. The van der Waals surface area contributed by atoms with Gasteiger partial charge in [-0.15, -0.1) is 0 Å². The number of nitro groups is 1. The highest BCUT2D eigenvalue weighted by Crippen LogP contribution is 2.29. The second kappa shape index (κ2) is 5.11. The summed E-state index contributed by atoms with van der Waals surface area (Å²) in [4.78, 5) is 21.2. The third-order valence-corrected chi connectivity index (χ3v) is 2.85. The summed E-state index contributed by atoms with van der Waals surface area (Å²) >= 11 is 5.78. The van der Waals surface area contributed by atoms with Crippen molar-refractivity contribution in [1.82, 2.24) is 0 Å². The van der Waals surface area contributed by atoms with Crippen molar-refractivity contribution in [2.24, 2.45) is 0 Å². The molecular weight excluding hydrogens is 274 g/mol. The number of hydrogen-bond acceptors (Lipinski definition) is 4. The molecule has 1 heterocycles. The summed E-state index contributed by atoms with van der Waals surface area (Å²) in [5.74, 6) is -0.700. The van der Waals surface area contributed by atoms with Gasteiger partial charge in [-0.05, 0) is 23.8 Å². The Morgan fingerprint density at radius 1 is 1.47 bits per heavy atom. The highest BCUT2D eigenvalue weighted by Gasteiger charge is 2.21. The Bertz CT molecular complexity index is 636. The van der Waals surface area contributed by atoms with E-state index in [4.69, 9.17) is 21.1 Å². The summed E-state index contributed by atoms with van der Waals surface area (Å²) in [7, 11) is 0. The van der Waals surface area contributed by atoms with Gasteiger partial charge in [0.25, 0.3) is 5.69 Å². The predicted octanol–water partition coefficient (Wildman–Crippen LogP) is 3.13. The SMILES string of the molecule is O=C(O)c1cc([N+](=O)[O-])c(Cl)cc1Cc1ccco1. The number of halogens is 1. The van der Waals surface area contributed by atoms with Crippen molar-refractivity contribution >= 4 is 23.3 Å². The third kappa shape index (κ3) is 2.74. The Morgan fingerprint density at radius 2 is 2.21 bits per heavy atom. The Balaban J connectivity index is 2.50. The second-order valence-electron chi connectivity index (χ2n) is 3.78. The van der Waals surface area contributed by atoms with E-state index in [9.17, 15) is 14.9 Å². The first-order valence-corrected chi connectivity index (χ1v) is 5.59. The lowest BCUT2D eigenvalue weighted by Gasteiger charge is -2.06. The number of carbonyl (C=O) groups is 1. The van der Waals surface area contributed by atoms with Gasteiger partial charge in [0.15, 0.2) is 0 Å². The zero-order valence-electron chi connectivity index (χ0n) is 9.50. The molecule has 2 rings (SSSR count). The van der Waals surface area contributed by atoms with Gasteiger partial charge in [0.2, 0.25) is 0 Å². The smallest absolute Gasteiger partial charge is 0.336 e. The minimum atomic E-state index is -1.25. The van der Waals surface area contributed by atoms with Gasteiger partial charge < -0.3 is 9.52 Å². The Kier molecular flexibility index (Phi) is 3.52. The van der Waals surface area contributed by atoms with Gasteiger partial charge in [-0.2, -0.15) is 0 Å². The number of nitro benzene ring substituents is 1. The molecule has 0 amide bonds. The summed E-state index contributed by atoms with van der Waals surface area (Å²) < 4.78 is 5.12. The number of furan rings is 1. The topological polar surface area (TPSA) is 93.6 Å². The van der Waals surface area contributed by atoms with E-state index in [1.165, 1.54) is 12.3 Å². The van der Waals surface area contributed by atoms with Crippen LogP contribution in [0, 0.1) is 10.1 Å². The highest BCUT2D eigenvalue weighted by atomic mass is 35.5. The van der Waals surface area contributed by atoms with Gasteiger partial charge in [0, 0.05) is 12.5 Å². The van der Waals surface area contributed by atoms with Crippen LogP contribution in [-0.4, -0.2) is 16.0 Å². The molecule has 6 nitrogen and oxygen atoms in total. The van der Waals surface area contributed by atoms with Crippen LogP contribution in [0.5, 0.6) is 0 Å². The van der Waals surface area contributed by atoms with E-state index in [1.807, 2.05) is 0 Å². The van der Waals surface area contributed by atoms with E-state index in [0.717, 1.165) is 6.07 Å². The molecule has 0 aliphatic rings. The lowest BCUT2D eigenvalue weighted by Crippen LogP contribution is -2.05. The summed E-state index contributed by atoms with van der Waals surface area (Å²) in [6.45, 7) is 0. The van der Waals surface area contributed by atoms with Crippen LogP contribution in [0.3, 0.4) is 0 Å². The van der Waals surface area contributed by atoms with Crippen LogP contribution in [0.25, 0.3) is 0 Å². The van der Waals surface area contributed by atoms with Gasteiger partial charge in [0.1, 0.15) is 10.8 Å². The summed E-state index contributed by atoms with van der Waals surface area (Å²) in [5, 5.41) is 19.7. The number of carboxylic acids is 1. The fourth-order valence-electron chi connectivity index (χ4n) is 1.69. The molecule has 1 N–H and O–H groups in total. The van der Waals surface area contributed by atoms with E-state index in [2.05, 4.69) is 0 Å². The first-order chi connectivity index (χ1) is 8.99.